The molecule has 0 atom stereocenters. The maximum absolute atomic E-state index is 2.49. The molecule has 0 aromatic rings. The molecule has 0 aliphatic carbocycles. The van der Waals surface area contributed by atoms with Crippen molar-refractivity contribution >= 4 is 21.4 Å². The van der Waals surface area contributed by atoms with Gasteiger partial charge in [0.1, 0.15) is 0 Å². The van der Waals surface area contributed by atoms with Gasteiger partial charge in [0.25, 0.3) is 0 Å². The van der Waals surface area contributed by atoms with E-state index in [1.54, 1.807) is 8.35 Å². The zero-order valence-electron chi connectivity index (χ0n) is 12.3. The van der Waals surface area contributed by atoms with Crippen molar-refractivity contribution in [1.29, 1.82) is 0 Å². The van der Waals surface area contributed by atoms with E-state index in [1.807, 2.05) is 0 Å². The second-order valence-electron chi connectivity index (χ2n) is 5.59. The van der Waals surface area contributed by atoms with E-state index in [-0.39, 0.29) is 0 Å². The van der Waals surface area contributed by atoms with Crippen LogP contribution in [0.2, 0.25) is 12.0 Å². The molecule has 0 N–H and O–H groups in total. The molecular formula is C14H32InN. The van der Waals surface area contributed by atoms with Crippen LogP contribution in [0.1, 0.15) is 53.4 Å². The predicted molar refractivity (Wildman–Crippen MR) is 77.8 cm³/mol. The zero-order chi connectivity index (χ0) is 12.4. The first kappa shape index (κ1) is 16.8. The summed E-state index contributed by atoms with van der Waals surface area (Å²) in [6.45, 7) is 12.2. The summed E-state index contributed by atoms with van der Waals surface area (Å²) in [5.74, 6) is 0. The third-order valence-corrected chi connectivity index (χ3v) is 16.0. The van der Waals surface area contributed by atoms with Crippen molar-refractivity contribution in [2.45, 2.75) is 65.4 Å². The van der Waals surface area contributed by atoms with E-state index in [9.17, 15) is 0 Å². The average molecular weight is 329 g/mol. The Labute approximate surface area is 112 Å². The molecule has 96 valence electrons. The third kappa shape index (κ3) is 8.92. The van der Waals surface area contributed by atoms with Crippen molar-refractivity contribution < 1.29 is 0 Å². The molecule has 0 aliphatic rings. The number of rotatable bonds is 10. The van der Waals surface area contributed by atoms with Gasteiger partial charge in [0, 0.05) is 0 Å². The summed E-state index contributed by atoms with van der Waals surface area (Å²) in [6, 6.07) is 0. The summed E-state index contributed by atoms with van der Waals surface area (Å²) < 4.78 is 4.35. The Morgan fingerprint density at radius 1 is 0.938 bits per heavy atom. The molecule has 0 rings (SSSR count). The standard InChI is InChI=1S/C8H18N.2C3H7.In/c1-4-6-8-9(3)7-5-2;2*1-3-2;/h1,4-8H2,2-3H3;3H,1-2H3;1,3H2,2H3;. The first-order valence-corrected chi connectivity index (χ1v) is 13.9. The van der Waals surface area contributed by atoms with E-state index in [0.29, 0.717) is 0 Å². The number of hydrogen-bond acceptors (Lipinski definition) is 1. The van der Waals surface area contributed by atoms with Gasteiger partial charge >= 0.3 is 112 Å². The van der Waals surface area contributed by atoms with Crippen molar-refractivity contribution in [1.82, 2.24) is 4.90 Å². The van der Waals surface area contributed by atoms with Gasteiger partial charge in [0.05, 0.1) is 0 Å². The van der Waals surface area contributed by atoms with Crippen LogP contribution >= 0.6 is 0 Å². The van der Waals surface area contributed by atoms with Crippen LogP contribution in [0.4, 0.5) is 0 Å². The van der Waals surface area contributed by atoms with Gasteiger partial charge < -0.3 is 0 Å². The molecule has 0 spiro atoms. The summed E-state index contributed by atoms with van der Waals surface area (Å²) in [5.41, 5.74) is 0. The summed E-state index contributed by atoms with van der Waals surface area (Å²) in [4.78, 5) is 2.49. The summed E-state index contributed by atoms with van der Waals surface area (Å²) in [5, 5.41) is 0. The molecule has 0 bridgehead atoms. The fraction of sp³-hybridized carbons (Fsp3) is 1.00. The summed E-state index contributed by atoms with van der Waals surface area (Å²) in [6.07, 6.45) is 5.67. The van der Waals surface area contributed by atoms with Gasteiger partial charge in [-0.15, -0.1) is 0 Å². The van der Waals surface area contributed by atoms with E-state index in [2.05, 4.69) is 39.6 Å². The van der Waals surface area contributed by atoms with Crippen LogP contribution < -0.4 is 0 Å². The van der Waals surface area contributed by atoms with Crippen LogP contribution in [0.25, 0.3) is 0 Å². The van der Waals surface area contributed by atoms with Gasteiger partial charge in [0.2, 0.25) is 0 Å². The van der Waals surface area contributed by atoms with Crippen LogP contribution in [-0.4, -0.2) is 46.5 Å². The molecule has 0 unspecified atom stereocenters. The van der Waals surface area contributed by atoms with Crippen LogP contribution in [0, 0.1) is 0 Å². The van der Waals surface area contributed by atoms with Crippen LogP contribution in [0.5, 0.6) is 0 Å². The zero-order valence-corrected chi connectivity index (χ0v) is 15.6. The molecular weight excluding hydrogens is 297 g/mol. The predicted octanol–water partition coefficient (Wildman–Crippen LogP) is 4.42. The fourth-order valence-electron chi connectivity index (χ4n) is 2.46. The first-order valence-electron chi connectivity index (χ1n) is 7.30. The topological polar surface area (TPSA) is 3.24 Å². The average Bonchev–Trinajstić information content (AvgIpc) is 2.22. The second-order valence-corrected chi connectivity index (χ2v) is 17.0. The Bertz CT molecular complexity index is 148. The minimum atomic E-state index is -1.10. The number of hydrogen-bond donors (Lipinski definition) is 0. The summed E-state index contributed by atoms with van der Waals surface area (Å²) >= 11 is -1.10. The Balaban J connectivity index is 3.54. The molecule has 1 nitrogen and oxygen atoms in total. The van der Waals surface area contributed by atoms with Crippen molar-refractivity contribution in [3.63, 3.8) is 0 Å². The van der Waals surface area contributed by atoms with Crippen molar-refractivity contribution in [3.8, 4) is 0 Å². The SMILES string of the molecule is CCCN(C)CCC[CH2][In]([CH2]CC)[CH](C)C. The van der Waals surface area contributed by atoms with Gasteiger partial charge in [-0.05, 0) is 0 Å². The van der Waals surface area contributed by atoms with E-state index in [4.69, 9.17) is 0 Å². The Hall–Kier alpha value is 0.830. The van der Waals surface area contributed by atoms with Gasteiger partial charge in [-0.2, -0.15) is 0 Å². The Morgan fingerprint density at radius 2 is 1.62 bits per heavy atom. The first-order chi connectivity index (χ1) is 7.61. The van der Waals surface area contributed by atoms with Crippen LogP contribution in [-0.2, 0) is 0 Å². The van der Waals surface area contributed by atoms with E-state index >= 15 is 0 Å². The molecule has 0 heterocycles. The van der Waals surface area contributed by atoms with Crippen molar-refractivity contribution in [3.05, 3.63) is 0 Å². The molecule has 2 heteroatoms. The van der Waals surface area contributed by atoms with Gasteiger partial charge in [-0.3, -0.25) is 0 Å². The van der Waals surface area contributed by atoms with E-state index in [0.717, 1.165) is 3.67 Å². The fourth-order valence-corrected chi connectivity index (χ4v) is 11.5. The monoisotopic (exact) mass is 329 g/mol. The maximum atomic E-state index is 2.49. The summed E-state index contributed by atoms with van der Waals surface area (Å²) in [7, 11) is 2.26. The normalized spacial score (nSPS) is 11.4. The van der Waals surface area contributed by atoms with E-state index in [1.165, 1.54) is 38.8 Å². The second kappa shape index (κ2) is 11.0. The van der Waals surface area contributed by atoms with Crippen LogP contribution in [0.3, 0.4) is 0 Å². The molecule has 16 heavy (non-hydrogen) atoms. The quantitative estimate of drug-likeness (QED) is 0.536. The Morgan fingerprint density at radius 3 is 2.12 bits per heavy atom. The molecule has 0 saturated carbocycles. The molecule has 0 amide bonds. The molecule has 0 fully saturated rings. The van der Waals surface area contributed by atoms with E-state index < -0.39 is 21.4 Å². The molecule has 0 aliphatic heterocycles. The Kier molecular flexibility index (Phi) is 11.5. The van der Waals surface area contributed by atoms with Gasteiger partial charge in [0.15, 0.2) is 0 Å². The van der Waals surface area contributed by atoms with Gasteiger partial charge in [-0.25, -0.2) is 0 Å². The number of nitrogens with zero attached hydrogens (tertiary/aromatic N) is 1. The van der Waals surface area contributed by atoms with Crippen molar-refractivity contribution in [2.24, 2.45) is 0 Å². The number of unbranched alkanes of at least 4 members (excludes halogenated alkanes) is 1. The van der Waals surface area contributed by atoms with Crippen molar-refractivity contribution in [2.75, 3.05) is 20.1 Å². The molecule has 0 aromatic carbocycles. The van der Waals surface area contributed by atoms with Crippen LogP contribution in [0.15, 0.2) is 0 Å². The minimum absolute atomic E-state index is 1.08. The molecule has 0 saturated heterocycles. The third-order valence-electron chi connectivity index (χ3n) is 3.57. The molecule has 0 radical (unpaired) electrons. The van der Waals surface area contributed by atoms with Gasteiger partial charge in [-0.1, -0.05) is 0 Å². The molecule has 0 aromatic heterocycles.